The molecule has 0 atom stereocenters. The van der Waals surface area contributed by atoms with Crippen molar-refractivity contribution in [3.05, 3.63) is 24.3 Å². The number of ether oxygens (including phenoxy) is 3. The molecule has 0 spiro atoms. The molecule has 128 valence electrons. The van der Waals surface area contributed by atoms with Gasteiger partial charge in [-0.25, -0.2) is 9.98 Å². The lowest BCUT2D eigenvalue weighted by molar-refractivity contribution is 0.324. The summed E-state index contributed by atoms with van der Waals surface area (Å²) in [5.41, 5.74) is 7.05. The number of pyridine rings is 1. The molecule has 0 aliphatic heterocycles. The van der Waals surface area contributed by atoms with Gasteiger partial charge < -0.3 is 30.6 Å². The number of nitrogens with two attached hydrogens (primary N) is 1. The first kappa shape index (κ1) is 17.2. The molecule has 0 aliphatic rings. The third-order valence-corrected chi connectivity index (χ3v) is 3.23. The van der Waals surface area contributed by atoms with E-state index in [9.17, 15) is 0 Å². The molecule has 0 aliphatic carbocycles. The predicted octanol–water partition coefficient (Wildman–Crippen LogP) is 2.50. The number of nitrogens with one attached hydrogen (secondary N) is 2. The van der Waals surface area contributed by atoms with Gasteiger partial charge in [-0.2, -0.15) is 0 Å². The topological polar surface area (TPSA) is 103 Å². The molecule has 0 bridgehead atoms. The summed E-state index contributed by atoms with van der Waals surface area (Å²) in [5, 5.41) is 6.01. The van der Waals surface area contributed by atoms with E-state index in [0.717, 1.165) is 5.69 Å². The minimum atomic E-state index is 0.427. The maximum Gasteiger partial charge on any atom is 0.203 e. The van der Waals surface area contributed by atoms with Crippen LogP contribution >= 0.6 is 0 Å². The Morgan fingerprint density at radius 1 is 1.08 bits per heavy atom. The fourth-order valence-corrected chi connectivity index (χ4v) is 2.10. The van der Waals surface area contributed by atoms with Crippen molar-refractivity contribution in [2.75, 3.05) is 44.7 Å². The largest absolute Gasteiger partial charge is 0.493 e. The van der Waals surface area contributed by atoms with Gasteiger partial charge in [0.05, 0.1) is 27.7 Å². The van der Waals surface area contributed by atoms with E-state index >= 15 is 0 Å². The molecule has 0 radical (unpaired) electrons. The van der Waals surface area contributed by atoms with Gasteiger partial charge in [0.15, 0.2) is 17.3 Å². The molecule has 0 saturated carbocycles. The number of anilines is 3. The number of benzene rings is 1. The van der Waals surface area contributed by atoms with Crippen molar-refractivity contribution in [1.29, 1.82) is 0 Å². The summed E-state index contributed by atoms with van der Waals surface area (Å²) in [6, 6.07) is 7.04. The summed E-state index contributed by atoms with van der Waals surface area (Å²) in [7, 11) is 6.44. The van der Waals surface area contributed by atoms with Crippen LogP contribution in [0.4, 0.5) is 23.0 Å². The Kier molecular flexibility index (Phi) is 5.67. The normalized spacial score (nSPS) is 10.5. The summed E-state index contributed by atoms with van der Waals surface area (Å²) in [4.78, 5) is 8.50. The van der Waals surface area contributed by atoms with Gasteiger partial charge in [-0.05, 0) is 12.1 Å². The number of aromatic nitrogens is 1. The summed E-state index contributed by atoms with van der Waals surface area (Å²) < 4.78 is 15.9. The van der Waals surface area contributed by atoms with E-state index in [1.54, 1.807) is 59.0 Å². The Hall–Kier alpha value is -3.16. The third-order valence-electron chi connectivity index (χ3n) is 3.23. The number of hydrogen-bond donors (Lipinski definition) is 3. The molecule has 2 rings (SSSR count). The second-order valence-corrected chi connectivity index (χ2v) is 4.67. The minimum absolute atomic E-state index is 0.427. The summed E-state index contributed by atoms with van der Waals surface area (Å²) in [6.07, 6.45) is 1.55. The molecule has 2 aromatic rings. The summed E-state index contributed by atoms with van der Waals surface area (Å²) in [5.74, 6) is 2.66. The van der Waals surface area contributed by atoms with E-state index < -0.39 is 0 Å². The minimum Gasteiger partial charge on any atom is -0.493 e. The second kappa shape index (κ2) is 7.91. The van der Waals surface area contributed by atoms with E-state index in [1.165, 1.54) is 0 Å². The van der Waals surface area contributed by atoms with Crippen molar-refractivity contribution in [2.24, 2.45) is 4.99 Å². The highest BCUT2D eigenvalue weighted by atomic mass is 16.5. The lowest BCUT2D eigenvalue weighted by Gasteiger charge is -2.13. The molecule has 1 aromatic carbocycles. The first-order valence-electron chi connectivity index (χ1n) is 7.16. The van der Waals surface area contributed by atoms with E-state index in [-0.39, 0.29) is 0 Å². The van der Waals surface area contributed by atoms with Crippen molar-refractivity contribution < 1.29 is 14.2 Å². The first-order chi connectivity index (χ1) is 11.6. The van der Waals surface area contributed by atoms with Crippen LogP contribution in [-0.4, -0.2) is 39.7 Å². The number of rotatable bonds is 7. The van der Waals surface area contributed by atoms with Gasteiger partial charge in [0.2, 0.25) is 5.75 Å². The molecule has 0 fully saturated rings. The Labute approximate surface area is 140 Å². The van der Waals surface area contributed by atoms with E-state index in [2.05, 4.69) is 20.6 Å². The number of methoxy groups -OCH3 is 3. The number of hydrogen-bond acceptors (Lipinski definition) is 7. The predicted molar refractivity (Wildman–Crippen MR) is 96.1 cm³/mol. The lowest BCUT2D eigenvalue weighted by atomic mass is 10.2. The van der Waals surface area contributed by atoms with Gasteiger partial charge in [-0.1, -0.05) is 0 Å². The molecule has 0 unspecified atom stereocenters. The standard InChI is InChI=1S/C16H21N5O3/c1-18-16-11(5-6-14(17)21-16)20-9-19-10-7-12(22-2)15(24-4)13(8-10)23-3/h5-9H,1-4H3,(H,19,20)(H3,17,18,21). The monoisotopic (exact) mass is 331 g/mol. The second-order valence-electron chi connectivity index (χ2n) is 4.67. The molecule has 8 heteroatoms. The van der Waals surface area contributed by atoms with Crippen molar-refractivity contribution in [1.82, 2.24) is 4.98 Å². The van der Waals surface area contributed by atoms with Crippen LogP contribution in [0.15, 0.2) is 29.3 Å². The van der Waals surface area contributed by atoms with Crippen LogP contribution in [0.25, 0.3) is 0 Å². The smallest absolute Gasteiger partial charge is 0.203 e. The van der Waals surface area contributed by atoms with E-state index in [0.29, 0.717) is 34.6 Å². The highest BCUT2D eigenvalue weighted by molar-refractivity contribution is 5.81. The fraction of sp³-hybridized carbons (Fsp3) is 0.250. The van der Waals surface area contributed by atoms with Crippen LogP contribution in [0.3, 0.4) is 0 Å². The Morgan fingerprint density at radius 2 is 1.75 bits per heavy atom. The van der Waals surface area contributed by atoms with Gasteiger partial charge in [0.1, 0.15) is 11.5 Å². The summed E-state index contributed by atoms with van der Waals surface area (Å²) >= 11 is 0. The van der Waals surface area contributed by atoms with Crippen LogP contribution < -0.4 is 30.6 Å². The zero-order valence-electron chi connectivity index (χ0n) is 14.1. The Morgan fingerprint density at radius 3 is 2.29 bits per heavy atom. The zero-order valence-corrected chi connectivity index (χ0v) is 14.1. The van der Waals surface area contributed by atoms with Gasteiger partial charge in [0.25, 0.3) is 0 Å². The van der Waals surface area contributed by atoms with E-state index in [4.69, 9.17) is 19.9 Å². The first-order valence-corrected chi connectivity index (χ1v) is 7.16. The Balaban J connectivity index is 2.23. The van der Waals surface area contributed by atoms with Crippen molar-refractivity contribution in [3.8, 4) is 17.2 Å². The third kappa shape index (κ3) is 3.78. The quantitative estimate of drug-likeness (QED) is 0.529. The van der Waals surface area contributed by atoms with Crippen molar-refractivity contribution >= 4 is 29.3 Å². The lowest BCUT2D eigenvalue weighted by Crippen LogP contribution is -2.00. The van der Waals surface area contributed by atoms with Crippen molar-refractivity contribution in [3.63, 3.8) is 0 Å². The van der Waals surface area contributed by atoms with E-state index in [1.807, 2.05) is 0 Å². The molecular formula is C16H21N5O3. The average molecular weight is 331 g/mol. The van der Waals surface area contributed by atoms with Gasteiger partial charge in [0, 0.05) is 24.9 Å². The van der Waals surface area contributed by atoms with Gasteiger partial charge >= 0.3 is 0 Å². The maximum absolute atomic E-state index is 5.66. The molecule has 4 N–H and O–H groups in total. The Bertz CT molecular complexity index is 709. The molecule has 0 amide bonds. The SMILES string of the molecule is CNc1nc(N)ccc1N=CNc1cc(OC)c(OC)c(OC)c1. The van der Waals surface area contributed by atoms with Crippen molar-refractivity contribution in [2.45, 2.75) is 0 Å². The van der Waals surface area contributed by atoms with Gasteiger partial charge in [-0.3, -0.25) is 0 Å². The number of nitrogens with zero attached hydrogens (tertiary/aromatic N) is 2. The fourth-order valence-electron chi connectivity index (χ4n) is 2.10. The molecule has 24 heavy (non-hydrogen) atoms. The molecular weight excluding hydrogens is 310 g/mol. The summed E-state index contributed by atoms with van der Waals surface area (Å²) in [6.45, 7) is 0. The van der Waals surface area contributed by atoms with Crippen LogP contribution in [0, 0.1) is 0 Å². The zero-order chi connectivity index (χ0) is 17.5. The maximum atomic E-state index is 5.66. The molecule has 1 heterocycles. The van der Waals surface area contributed by atoms with Crippen LogP contribution in [0.5, 0.6) is 17.2 Å². The number of aliphatic imine (C=N–C) groups is 1. The van der Waals surface area contributed by atoms with Crippen LogP contribution in [-0.2, 0) is 0 Å². The molecule has 1 aromatic heterocycles. The highest BCUT2D eigenvalue weighted by Gasteiger charge is 2.12. The van der Waals surface area contributed by atoms with Crippen LogP contribution in [0.1, 0.15) is 0 Å². The highest BCUT2D eigenvalue weighted by Crippen LogP contribution is 2.39. The number of nitrogen functional groups attached to an aromatic ring is 1. The molecule has 0 saturated heterocycles. The molecule has 8 nitrogen and oxygen atoms in total. The van der Waals surface area contributed by atoms with Crippen LogP contribution in [0.2, 0.25) is 0 Å². The average Bonchev–Trinajstić information content (AvgIpc) is 2.61. The van der Waals surface area contributed by atoms with Gasteiger partial charge in [-0.15, -0.1) is 0 Å².